The minimum Gasteiger partial charge on any atom is -0.481 e. The molecule has 3 nitrogen and oxygen atoms in total. The summed E-state index contributed by atoms with van der Waals surface area (Å²) >= 11 is 5.12. The van der Waals surface area contributed by atoms with Crippen LogP contribution in [0.1, 0.15) is 17.1 Å². The Kier molecular flexibility index (Phi) is 4.14. The smallest absolute Gasteiger partial charge is 0.303 e. The van der Waals surface area contributed by atoms with Crippen molar-refractivity contribution in [3.05, 3.63) is 39.4 Å². The summed E-state index contributed by atoms with van der Waals surface area (Å²) in [5.74, 6) is -0.793. The number of hydrogen-bond donors (Lipinski definition) is 1. The van der Waals surface area contributed by atoms with Crippen LogP contribution in [-0.4, -0.2) is 16.1 Å². The van der Waals surface area contributed by atoms with Crippen molar-refractivity contribution in [3.63, 3.8) is 0 Å². The van der Waals surface area contributed by atoms with Gasteiger partial charge in [0, 0.05) is 16.5 Å². The summed E-state index contributed by atoms with van der Waals surface area (Å²) in [6, 6.07) is 7.92. The highest BCUT2D eigenvalue weighted by atomic mass is 79.9. The topological polar surface area (TPSA) is 50.2 Å². The first kappa shape index (κ1) is 13.2. The fraction of sp³-hybridized carbons (Fsp3) is 0.231. The number of aliphatic carboxylic acids is 1. The number of benzene rings is 1. The van der Waals surface area contributed by atoms with Crippen LogP contribution in [0.15, 0.2) is 28.7 Å². The Balaban J connectivity index is 2.38. The lowest BCUT2D eigenvalue weighted by molar-refractivity contribution is -0.136. The first-order valence-electron chi connectivity index (χ1n) is 5.51. The molecule has 0 spiro atoms. The van der Waals surface area contributed by atoms with Gasteiger partial charge in [0.25, 0.3) is 0 Å². The van der Waals surface area contributed by atoms with Gasteiger partial charge < -0.3 is 5.11 Å². The minimum atomic E-state index is -0.793. The van der Waals surface area contributed by atoms with Gasteiger partial charge in [0.2, 0.25) is 0 Å². The SMILES string of the molecule is Cc1nc(CCC(=O)O)c(-c2ccccc2Br)s1. The molecule has 0 saturated heterocycles. The van der Waals surface area contributed by atoms with Gasteiger partial charge in [-0.05, 0) is 13.0 Å². The lowest BCUT2D eigenvalue weighted by Crippen LogP contribution is -1.98. The molecule has 1 heterocycles. The maximum absolute atomic E-state index is 10.7. The van der Waals surface area contributed by atoms with Crippen molar-refractivity contribution in [2.45, 2.75) is 19.8 Å². The number of aromatic nitrogens is 1. The molecule has 94 valence electrons. The number of aryl methyl sites for hydroxylation is 2. The average Bonchev–Trinajstić information content (AvgIpc) is 2.68. The maximum Gasteiger partial charge on any atom is 0.303 e. The number of thiazole rings is 1. The minimum absolute atomic E-state index is 0.112. The Morgan fingerprint density at radius 1 is 1.44 bits per heavy atom. The highest BCUT2D eigenvalue weighted by Crippen LogP contribution is 2.35. The lowest BCUT2D eigenvalue weighted by atomic mass is 10.1. The molecule has 5 heteroatoms. The zero-order valence-electron chi connectivity index (χ0n) is 9.81. The first-order valence-corrected chi connectivity index (χ1v) is 7.12. The van der Waals surface area contributed by atoms with Crippen molar-refractivity contribution in [1.29, 1.82) is 0 Å². The average molecular weight is 326 g/mol. The molecule has 1 aromatic heterocycles. The molecule has 0 bridgehead atoms. The Labute approximate surface area is 118 Å². The fourth-order valence-corrected chi connectivity index (χ4v) is 3.34. The molecule has 0 saturated carbocycles. The number of carboxylic acid groups (broad SMARTS) is 1. The number of rotatable bonds is 4. The van der Waals surface area contributed by atoms with Crippen LogP contribution in [0.2, 0.25) is 0 Å². The second kappa shape index (κ2) is 5.63. The molecule has 0 aliphatic carbocycles. The van der Waals surface area contributed by atoms with E-state index in [0.29, 0.717) is 6.42 Å². The van der Waals surface area contributed by atoms with E-state index in [-0.39, 0.29) is 6.42 Å². The van der Waals surface area contributed by atoms with Gasteiger partial charge in [-0.1, -0.05) is 34.1 Å². The van der Waals surface area contributed by atoms with Crippen LogP contribution in [-0.2, 0) is 11.2 Å². The Bertz CT molecular complexity index is 580. The normalized spacial score (nSPS) is 10.6. The number of carbonyl (C=O) groups is 1. The monoisotopic (exact) mass is 325 g/mol. The molecule has 0 unspecified atom stereocenters. The van der Waals surface area contributed by atoms with Crippen molar-refractivity contribution in [2.75, 3.05) is 0 Å². The van der Waals surface area contributed by atoms with Crippen LogP contribution < -0.4 is 0 Å². The molecule has 1 aromatic carbocycles. The highest BCUT2D eigenvalue weighted by molar-refractivity contribution is 9.10. The zero-order chi connectivity index (χ0) is 13.1. The lowest BCUT2D eigenvalue weighted by Gasteiger charge is -2.03. The van der Waals surface area contributed by atoms with Gasteiger partial charge in [-0.15, -0.1) is 11.3 Å². The molecule has 0 fully saturated rings. The van der Waals surface area contributed by atoms with Gasteiger partial charge in [0.15, 0.2) is 0 Å². The summed E-state index contributed by atoms with van der Waals surface area (Å²) in [7, 11) is 0. The molecule has 0 radical (unpaired) electrons. The van der Waals surface area contributed by atoms with Gasteiger partial charge in [-0.25, -0.2) is 4.98 Å². The van der Waals surface area contributed by atoms with E-state index in [1.165, 1.54) is 0 Å². The van der Waals surface area contributed by atoms with Gasteiger partial charge in [-0.3, -0.25) is 4.79 Å². The Morgan fingerprint density at radius 3 is 2.83 bits per heavy atom. The van der Waals surface area contributed by atoms with E-state index >= 15 is 0 Å². The standard InChI is InChI=1S/C13H12BrNO2S/c1-8-15-11(6-7-12(16)17)13(18-8)9-4-2-3-5-10(9)14/h2-5H,6-7H2,1H3,(H,16,17). The van der Waals surface area contributed by atoms with Gasteiger partial charge in [-0.2, -0.15) is 0 Å². The van der Waals surface area contributed by atoms with E-state index in [2.05, 4.69) is 20.9 Å². The summed E-state index contributed by atoms with van der Waals surface area (Å²) in [5, 5.41) is 9.72. The van der Waals surface area contributed by atoms with Crippen molar-refractivity contribution in [1.82, 2.24) is 4.98 Å². The van der Waals surface area contributed by atoms with Crippen LogP contribution in [0.5, 0.6) is 0 Å². The fourth-order valence-electron chi connectivity index (χ4n) is 1.72. The van der Waals surface area contributed by atoms with Gasteiger partial charge >= 0.3 is 5.97 Å². The highest BCUT2D eigenvalue weighted by Gasteiger charge is 2.14. The third-order valence-electron chi connectivity index (χ3n) is 2.50. The summed E-state index contributed by atoms with van der Waals surface area (Å²) in [6.07, 6.45) is 0.580. The van der Waals surface area contributed by atoms with Crippen LogP contribution in [0.4, 0.5) is 0 Å². The quantitative estimate of drug-likeness (QED) is 0.927. The first-order chi connectivity index (χ1) is 8.58. The number of nitrogens with zero attached hydrogens (tertiary/aromatic N) is 1. The third kappa shape index (κ3) is 2.97. The molecule has 1 N–H and O–H groups in total. The summed E-state index contributed by atoms with van der Waals surface area (Å²) < 4.78 is 1.00. The van der Waals surface area contributed by atoms with Crippen LogP contribution in [0.3, 0.4) is 0 Å². The number of hydrogen-bond acceptors (Lipinski definition) is 3. The van der Waals surface area contributed by atoms with E-state index in [4.69, 9.17) is 5.11 Å². The molecule has 0 aliphatic heterocycles. The van der Waals surface area contributed by atoms with Crippen molar-refractivity contribution in [2.24, 2.45) is 0 Å². The van der Waals surface area contributed by atoms with Gasteiger partial charge in [0.05, 0.1) is 22.0 Å². The van der Waals surface area contributed by atoms with E-state index in [1.807, 2.05) is 31.2 Å². The largest absolute Gasteiger partial charge is 0.481 e. The van der Waals surface area contributed by atoms with Crippen LogP contribution >= 0.6 is 27.3 Å². The van der Waals surface area contributed by atoms with Crippen LogP contribution in [0, 0.1) is 6.92 Å². The van der Waals surface area contributed by atoms with Crippen molar-refractivity contribution in [3.8, 4) is 10.4 Å². The molecule has 18 heavy (non-hydrogen) atoms. The van der Waals surface area contributed by atoms with Crippen molar-refractivity contribution < 1.29 is 9.90 Å². The molecular weight excluding hydrogens is 314 g/mol. The second-order valence-electron chi connectivity index (χ2n) is 3.88. The van der Waals surface area contributed by atoms with Crippen LogP contribution in [0.25, 0.3) is 10.4 Å². The predicted molar refractivity (Wildman–Crippen MR) is 75.9 cm³/mol. The second-order valence-corrected chi connectivity index (χ2v) is 5.94. The molecule has 0 aliphatic rings. The molecule has 2 aromatic rings. The van der Waals surface area contributed by atoms with E-state index in [0.717, 1.165) is 25.6 Å². The molecule has 0 atom stereocenters. The van der Waals surface area contributed by atoms with E-state index in [1.54, 1.807) is 11.3 Å². The molecule has 0 amide bonds. The Hall–Kier alpha value is -1.20. The zero-order valence-corrected chi connectivity index (χ0v) is 12.2. The molecular formula is C13H12BrNO2S. The summed E-state index contributed by atoms with van der Waals surface area (Å²) in [4.78, 5) is 16.2. The van der Waals surface area contributed by atoms with E-state index in [9.17, 15) is 4.79 Å². The van der Waals surface area contributed by atoms with Crippen molar-refractivity contribution >= 4 is 33.2 Å². The number of carboxylic acids is 1. The van der Waals surface area contributed by atoms with E-state index < -0.39 is 5.97 Å². The molecule has 2 rings (SSSR count). The predicted octanol–water partition coefficient (Wildman–Crippen LogP) is 3.90. The Morgan fingerprint density at radius 2 is 2.17 bits per heavy atom. The summed E-state index contributed by atoms with van der Waals surface area (Å²) in [5.41, 5.74) is 1.94. The maximum atomic E-state index is 10.7. The van der Waals surface area contributed by atoms with Gasteiger partial charge in [0.1, 0.15) is 0 Å². The summed E-state index contributed by atoms with van der Waals surface area (Å²) in [6.45, 7) is 1.94. The number of halogens is 1. The third-order valence-corrected chi connectivity index (χ3v) is 4.24.